The third-order valence-electron chi connectivity index (χ3n) is 5.21. The maximum absolute atomic E-state index is 5.33. The molecule has 1 aromatic heterocycles. The Morgan fingerprint density at radius 2 is 1.27 bits per heavy atom. The van der Waals surface area contributed by atoms with Crippen molar-refractivity contribution in [2.24, 2.45) is 0 Å². The van der Waals surface area contributed by atoms with Crippen LogP contribution in [0.25, 0.3) is 22.4 Å². The number of aromatic nitrogens is 1. The molecule has 0 saturated heterocycles. The highest BCUT2D eigenvalue weighted by atomic mass is 16.5. The number of ether oxygens (including phenoxy) is 2. The topological polar surface area (TPSA) is 31.4 Å². The summed E-state index contributed by atoms with van der Waals surface area (Å²) in [5.74, 6) is 1.73. The number of hydrogen-bond acceptors (Lipinski definition) is 3. The predicted octanol–water partition coefficient (Wildman–Crippen LogP) is 5.23. The number of aryl methyl sites for hydroxylation is 1. The standard InChI is InChI=1S/C23H23NO2/c1-15-20-5-4-6-21(20)22(16-7-11-18(25-2)12-8-16)23(24-15)17-9-13-19(26-3)14-10-17/h7-14H,4-6H2,1-3H3. The van der Waals surface area contributed by atoms with Crippen LogP contribution in [0.3, 0.4) is 0 Å². The van der Waals surface area contributed by atoms with E-state index >= 15 is 0 Å². The van der Waals surface area contributed by atoms with Crippen LogP contribution in [0.1, 0.15) is 23.2 Å². The van der Waals surface area contributed by atoms with Gasteiger partial charge < -0.3 is 9.47 Å². The SMILES string of the molecule is COc1ccc(-c2nc(C)c3c(c2-c2ccc(OC)cc2)CCC3)cc1. The molecule has 132 valence electrons. The molecule has 1 heterocycles. The second-order valence-corrected chi connectivity index (χ2v) is 6.69. The van der Waals surface area contributed by atoms with E-state index in [1.807, 2.05) is 24.3 Å². The highest BCUT2D eigenvalue weighted by Crippen LogP contribution is 2.40. The molecule has 0 aliphatic heterocycles. The van der Waals surface area contributed by atoms with Crippen LogP contribution >= 0.6 is 0 Å². The summed E-state index contributed by atoms with van der Waals surface area (Å²) in [5.41, 5.74) is 8.66. The smallest absolute Gasteiger partial charge is 0.118 e. The first-order valence-corrected chi connectivity index (χ1v) is 9.02. The van der Waals surface area contributed by atoms with Gasteiger partial charge in [-0.2, -0.15) is 0 Å². The van der Waals surface area contributed by atoms with E-state index in [1.54, 1.807) is 14.2 Å². The van der Waals surface area contributed by atoms with Crippen molar-refractivity contribution in [3.63, 3.8) is 0 Å². The van der Waals surface area contributed by atoms with E-state index in [2.05, 4.69) is 31.2 Å². The fourth-order valence-corrected chi connectivity index (χ4v) is 3.88. The summed E-state index contributed by atoms with van der Waals surface area (Å²) in [6.07, 6.45) is 3.44. The summed E-state index contributed by atoms with van der Waals surface area (Å²) in [7, 11) is 3.39. The van der Waals surface area contributed by atoms with Crippen molar-refractivity contribution < 1.29 is 9.47 Å². The van der Waals surface area contributed by atoms with Crippen molar-refractivity contribution in [1.82, 2.24) is 4.98 Å². The molecule has 0 radical (unpaired) electrons. The minimum Gasteiger partial charge on any atom is -0.497 e. The summed E-state index contributed by atoms with van der Waals surface area (Å²) in [6, 6.07) is 16.5. The number of pyridine rings is 1. The number of methoxy groups -OCH3 is 2. The lowest BCUT2D eigenvalue weighted by Gasteiger charge is -2.17. The average Bonchev–Trinajstić information content (AvgIpc) is 3.18. The van der Waals surface area contributed by atoms with E-state index < -0.39 is 0 Å². The van der Waals surface area contributed by atoms with Gasteiger partial charge in [-0.05, 0) is 79.3 Å². The molecule has 3 nitrogen and oxygen atoms in total. The lowest BCUT2D eigenvalue weighted by atomic mass is 9.91. The van der Waals surface area contributed by atoms with Gasteiger partial charge >= 0.3 is 0 Å². The zero-order chi connectivity index (χ0) is 18.1. The molecule has 0 spiro atoms. The Hall–Kier alpha value is -2.81. The lowest BCUT2D eigenvalue weighted by molar-refractivity contribution is 0.414. The van der Waals surface area contributed by atoms with Gasteiger partial charge in [-0.15, -0.1) is 0 Å². The van der Waals surface area contributed by atoms with Gasteiger partial charge in [-0.1, -0.05) is 12.1 Å². The van der Waals surface area contributed by atoms with Gasteiger partial charge in [0.15, 0.2) is 0 Å². The maximum atomic E-state index is 5.33. The number of fused-ring (bicyclic) bond motifs is 1. The fraction of sp³-hybridized carbons (Fsp3) is 0.261. The van der Waals surface area contributed by atoms with Crippen LogP contribution in [0.5, 0.6) is 11.5 Å². The zero-order valence-corrected chi connectivity index (χ0v) is 15.5. The van der Waals surface area contributed by atoms with Crippen LogP contribution in [0.4, 0.5) is 0 Å². The van der Waals surface area contributed by atoms with Crippen LogP contribution in [0, 0.1) is 6.92 Å². The maximum Gasteiger partial charge on any atom is 0.118 e. The molecule has 2 aromatic carbocycles. The molecule has 1 aliphatic rings. The van der Waals surface area contributed by atoms with E-state index in [-0.39, 0.29) is 0 Å². The van der Waals surface area contributed by atoms with Crippen molar-refractivity contribution in [3.05, 3.63) is 65.4 Å². The number of benzene rings is 2. The molecular formula is C23H23NO2. The largest absolute Gasteiger partial charge is 0.497 e. The third-order valence-corrected chi connectivity index (χ3v) is 5.21. The Kier molecular flexibility index (Phi) is 4.37. The highest BCUT2D eigenvalue weighted by Gasteiger charge is 2.23. The van der Waals surface area contributed by atoms with E-state index in [0.717, 1.165) is 41.3 Å². The zero-order valence-electron chi connectivity index (χ0n) is 15.5. The normalized spacial score (nSPS) is 12.7. The number of rotatable bonds is 4. The lowest BCUT2D eigenvalue weighted by Crippen LogP contribution is -2.00. The number of nitrogens with zero attached hydrogens (tertiary/aromatic N) is 1. The van der Waals surface area contributed by atoms with Crippen molar-refractivity contribution >= 4 is 0 Å². The molecule has 26 heavy (non-hydrogen) atoms. The van der Waals surface area contributed by atoms with Crippen LogP contribution in [-0.4, -0.2) is 19.2 Å². The minimum absolute atomic E-state index is 0.859. The summed E-state index contributed by atoms with van der Waals surface area (Å²) >= 11 is 0. The Labute approximate surface area is 154 Å². The monoisotopic (exact) mass is 345 g/mol. The van der Waals surface area contributed by atoms with Gasteiger partial charge in [-0.3, -0.25) is 4.98 Å². The summed E-state index contributed by atoms with van der Waals surface area (Å²) in [6.45, 7) is 2.13. The van der Waals surface area contributed by atoms with Crippen molar-refractivity contribution in [2.45, 2.75) is 26.2 Å². The summed E-state index contributed by atoms with van der Waals surface area (Å²) in [4.78, 5) is 5.02. The van der Waals surface area contributed by atoms with Gasteiger partial charge in [0.05, 0.1) is 19.9 Å². The first kappa shape index (κ1) is 16.6. The Morgan fingerprint density at radius 3 is 1.85 bits per heavy atom. The molecule has 0 fully saturated rings. The Bertz CT molecular complexity index is 928. The molecule has 3 aromatic rings. The molecule has 1 aliphatic carbocycles. The van der Waals surface area contributed by atoms with Crippen molar-refractivity contribution in [2.75, 3.05) is 14.2 Å². The first-order valence-electron chi connectivity index (χ1n) is 9.02. The predicted molar refractivity (Wildman–Crippen MR) is 105 cm³/mol. The van der Waals surface area contributed by atoms with Gasteiger partial charge in [0.2, 0.25) is 0 Å². The van der Waals surface area contributed by atoms with Crippen molar-refractivity contribution in [1.29, 1.82) is 0 Å². The minimum atomic E-state index is 0.859. The van der Waals surface area contributed by atoms with E-state index in [4.69, 9.17) is 14.5 Å². The molecule has 0 saturated carbocycles. The van der Waals surface area contributed by atoms with Crippen LogP contribution in [0.15, 0.2) is 48.5 Å². The Morgan fingerprint density at radius 1 is 0.731 bits per heavy atom. The molecule has 0 atom stereocenters. The molecule has 0 amide bonds. The average molecular weight is 345 g/mol. The van der Waals surface area contributed by atoms with Gasteiger partial charge in [0.1, 0.15) is 11.5 Å². The fourth-order valence-electron chi connectivity index (χ4n) is 3.88. The number of hydrogen-bond donors (Lipinski definition) is 0. The van der Waals surface area contributed by atoms with E-state index in [1.165, 1.54) is 28.7 Å². The van der Waals surface area contributed by atoms with Gasteiger partial charge in [-0.25, -0.2) is 0 Å². The molecule has 3 heteroatoms. The quantitative estimate of drug-likeness (QED) is 0.649. The second kappa shape index (κ2) is 6.83. The molecule has 0 unspecified atom stereocenters. The second-order valence-electron chi connectivity index (χ2n) is 6.69. The molecule has 0 N–H and O–H groups in total. The van der Waals surface area contributed by atoms with E-state index in [0.29, 0.717) is 0 Å². The van der Waals surface area contributed by atoms with Gasteiger partial charge in [0, 0.05) is 16.8 Å². The van der Waals surface area contributed by atoms with E-state index in [9.17, 15) is 0 Å². The molecular weight excluding hydrogens is 322 g/mol. The first-order chi connectivity index (χ1) is 12.7. The highest BCUT2D eigenvalue weighted by molar-refractivity contribution is 5.85. The Balaban J connectivity index is 1.93. The van der Waals surface area contributed by atoms with Gasteiger partial charge in [0.25, 0.3) is 0 Å². The summed E-state index contributed by atoms with van der Waals surface area (Å²) < 4.78 is 10.6. The van der Waals surface area contributed by atoms with Crippen molar-refractivity contribution in [3.8, 4) is 33.9 Å². The third kappa shape index (κ3) is 2.84. The van der Waals surface area contributed by atoms with Crippen LogP contribution in [-0.2, 0) is 12.8 Å². The molecule has 4 rings (SSSR count). The molecule has 0 bridgehead atoms. The summed E-state index contributed by atoms with van der Waals surface area (Å²) in [5, 5.41) is 0. The van der Waals surface area contributed by atoms with Crippen LogP contribution < -0.4 is 9.47 Å². The van der Waals surface area contributed by atoms with Crippen LogP contribution in [0.2, 0.25) is 0 Å².